The van der Waals surface area contributed by atoms with Crippen molar-refractivity contribution in [1.29, 1.82) is 0 Å². The molecular formula is C21H30N2S. The lowest BCUT2D eigenvalue weighted by Crippen LogP contribution is -2.47. The first-order valence-corrected chi connectivity index (χ1v) is 11.1. The largest absolute Gasteiger partial charge is 0.367 e. The first-order chi connectivity index (χ1) is 11.9. The number of para-hydroxylation sites is 1. The molecule has 1 aliphatic carbocycles. The van der Waals surface area contributed by atoms with Crippen molar-refractivity contribution in [1.82, 2.24) is 4.90 Å². The molecule has 3 heteroatoms. The lowest BCUT2D eigenvalue weighted by molar-refractivity contribution is 0.151. The Labute approximate surface area is 151 Å². The Morgan fingerprint density at radius 1 is 1.00 bits per heavy atom. The highest BCUT2D eigenvalue weighted by molar-refractivity contribution is 7.99. The van der Waals surface area contributed by atoms with Crippen LogP contribution >= 0.6 is 11.8 Å². The third-order valence-corrected chi connectivity index (χ3v) is 7.95. The smallest absolute Gasteiger partial charge is 0.0543 e. The average Bonchev–Trinajstić information content (AvgIpc) is 2.78. The fourth-order valence-corrected chi connectivity index (χ4v) is 6.75. The third-order valence-electron chi connectivity index (χ3n) is 6.82. The number of anilines is 1. The molecule has 2 unspecified atom stereocenters. The molecule has 4 aliphatic rings. The molecule has 24 heavy (non-hydrogen) atoms. The monoisotopic (exact) mass is 342 g/mol. The summed E-state index contributed by atoms with van der Waals surface area (Å²) in [5.41, 5.74) is 3.29. The SMILES string of the molecule is c1cc2c3c(c1)C1CN(CC4CCCCC4)CCC1N3CCCS2. The minimum absolute atomic E-state index is 0.760. The highest BCUT2D eigenvalue weighted by atomic mass is 32.2. The van der Waals surface area contributed by atoms with Crippen LogP contribution < -0.4 is 4.90 Å². The number of hydrogen-bond donors (Lipinski definition) is 0. The van der Waals surface area contributed by atoms with Crippen LogP contribution in [0.1, 0.15) is 56.4 Å². The van der Waals surface area contributed by atoms with Crippen molar-refractivity contribution in [2.24, 2.45) is 5.92 Å². The van der Waals surface area contributed by atoms with E-state index in [0.717, 1.165) is 17.9 Å². The predicted octanol–water partition coefficient (Wildman–Crippen LogP) is 4.74. The fourth-order valence-electron chi connectivity index (χ4n) is 5.71. The number of rotatable bonds is 2. The second-order valence-corrected chi connectivity index (χ2v) is 9.45. The van der Waals surface area contributed by atoms with E-state index in [2.05, 4.69) is 39.8 Å². The molecule has 5 rings (SSSR count). The van der Waals surface area contributed by atoms with Gasteiger partial charge in [-0.2, -0.15) is 0 Å². The van der Waals surface area contributed by atoms with E-state index in [-0.39, 0.29) is 0 Å². The Morgan fingerprint density at radius 3 is 2.83 bits per heavy atom. The van der Waals surface area contributed by atoms with Gasteiger partial charge in [-0.15, -0.1) is 11.8 Å². The van der Waals surface area contributed by atoms with E-state index < -0.39 is 0 Å². The second-order valence-electron chi connectivity index (χ2n) is 8.32. The van der Waals surface area contributed by atoms with Crippen LogP contribution in [0.25, 0.3) is 0 Å². The van der Waals surface area contributed by atoms with Gasteiger partial charge in [0, 0.05) is 43.0 Å². The Morgan fingerprint density at radius 2 is 1.92 bits per heavy atom. The fraction of sp³-hybridized carbons (Fsp3) is 0.714. The minimum Gasteiger partial charge on any atom is -0.367 e. The summed E-state index contributed by atoms with van der Waals surface area (Å²) in [5.74, 6) is 3.03. The van der Waals surface area contributed by atoms with Gasteiger partial charge in [0.05, 0.1) is 5.69 Å². The molecular weight excluding hydrogens is 312 g/mol. The van der Waals surface area contributed by atoms with Gasteiger partial charge in [-0.3, -0.25) is 0 Å². The molecule has 2 fully saturated rings. The van der Waals surface area contributed by atoms with Crippen molar-refractivity contribution in [3.05, 3.63) is 23.8 Å². The van der Waals surface area contributed by atoms with Gasteiger partial charge >= 0.3 is 0 Å². The second kappa shape index (κ2) is 6.57. The van der Waals surface area contributed by atoms with Crippen LogP contribution in [0, 0.1) is 5.92 Å². The molecule has 1 saturated carbocycles. The minimum atomic E-state index is 0.760. The summed E-state index contributed by atoms with van der Waals surface area (Å²) in [4.78, 5) is 7.17. The van der Waals surface area contributed by atoms with Gasteiger partial charge in [0.15, 0.2) is 0 Å². The Hall–Kier alpha value is -0.670. The molecule has 0 spiro atoms. The molecule has 3 heterocycles. The molecule has 1 aromatic carbocycles. The molecule has 2 nitrogen and oxygen atoms in total. The Kier molecular flexibility index (Phi) is 4.26. The van der Waals surface area contributed by atoms with Crippen LogP contribution in [-0.2, 0) is 0 Å². The maximum absolute atomic E-state index is 2.82. The highest BCUT2D eigenvalue weighted by Crippen LogP contribution is 2.50. The Bertz CT molecular complexity index is 596. The summed E-state index contributed by atoms with van der Waals surface area (Å²) in [6, 6.07) is 7.89. The topological polar surface area (TPSA) is 6.48 Å². The molecule has 0 N–H and O–H groups in total. The molecule has 0 aromatic heterocycles. The van der Waals surface area contributed by atoms with Crippen LogP contribution in [0.3, 0.4) is 0 Å². The molecule has 2 atom stereocenters. The van der Waals surface area contributed by atoms with E-state index in [1.54, 1.807) is 16.1 Å². The molecule has 0 amide bonds. The quantitative estimate of drug-likeness (QED) is 0.766. The zero-order valence-electron chi connectivity index (χ0n) is 14.8. The number of thioether (sulfide) groups is 1. The number of fused-ring (bicyclic) bond motifs is 3. The van der Waals surface area contributed by atoms with Gasteiger partial charge in [-0.05, 0) is 49.0 Å². The van der Waals surface area contributed by atoms with Gasteiger partial charge in [0.2, 0.25) is 0 Å². The molecule has 0 radical (unpaired) electrons. The molecule has 1 saturated heterocycles. The number of likely N-dealkylation sites (tertiary alicyclic amines) is 1. The maximum Gasteiger partial charge on any atom is 0.0543 e. The van der Waals surface area contributed by atoms with E-state index in [0.29, 0.717) is 0 Å². The number of benzene rings is 1. The van der Waals surface area contributed by atoms with Crippen LogP contribution in [0.15, 0.2) is 23.1 Å². The summed E-state index contributed by atoms with van der Waals surface area (Å²) in [6.45, 7) is 5.28. The lowest BCUT2D eigenvalue weighted by Gasteiger charge is -2.40. The number of hydrogen-bond acceptors (Lipinski definition) is 3. The average molecular weight is 343 g/mol. The van der Waals surface area contributed by atoms with Crippen molar-refractivity contribution < 1.29 is 0 Å². The van der Waals surface area contributed by atoms with E-state index >= 15 is 0 Å². The first kappa shape index (κ1) is 15.6. The summed E-state index contributed by atoms with van der Waals surface area (Å²) in [6.07, 6.45) is 10.1. The van der Waals surface area contributed by atoms with E-state index in [1.165, 1.54) is 76.9 Å². The van der Waals surface area contributed by atoms with Crippen LogP contribution in [0.5, 0.6) is 0 Å². The lowest BCUT2D eigenvalue weighted by atomic mass is 9.86. The number of piperidine rings is 1. The van der Waals surface area contributed by atoms with Gasteiger partial charge in [-0.25, -0.2) is 0 Å². The standard InChI is InChI=1S/C21H30N2S/c1-2-6-16(7-3-1)14-22-12-10-19-18(15-22)17-8-4-9-20-21(17)23(19)11-5-13-24-20/h4,8-9,16,18-19H,1-3,5-7,10-15H2. The van der Waals surface area contributed by atoms with Crippen molar-refractivity contribution in [2.45, 2.75) is 61.8 Å². The highest BCUT2D eigenvalue weighted by Gasteiger charge is 2.43. The normalized spacial score (nSPS) is 30.8. The van der Waals surface area contributed by atoms with E-state index in [9.17, 15) is 0 Å². The number of nitrogens with zero attached hydrogens (tertiary/aromatic N) is 2. The molecule has 0 bridgehead atoms. The van der Waals surface area contributed by atoms with Crippen molar-refractivity contribution in [3.63, 3.8) is 0 Å². The molecule has 3 aliphatic heterocycles. The van der Waals surface area contributed by atoms with Crippen molar-refractivity contribution >= 4 is 17.4 Å². The van der Waals surface area contributed by atoms with E-state index in [1.807, 2.05) is 0 Å². The third kappa shape index (κ3) is 2.68. The van der Waals surface area contributed by atoms with E-state index in [4.69, 9.17) is 0 Å². The summed E-state index contributed by atoms with van der Waals surface area (Å²) in [5, 5.41) is 0. The molecule has 1 aromatic rings. The van der Waals surface area contributed by atoms with Gasteiger partial charge in [-0.1, -0.05) is 31.4 Å². The molecule has 130 valence electrons. The van der Waals surface area contributed by atoms with Crippen LogP contribution in [0.4, 0.5) is 5.69 Å². The van der Waals surface area contributed by atoms with Crippen molar-refractivity contribution in [2.75, 3.05) is 36.8 Å². The van der Waals surface area contributed by atoms with Gasteiger partial charge in [0.25, 0.3) is 0 Å². The van der Waals surface area contributed by atoms with Crippen molar-refractivity contribution in [3.8, 4) is 0 Å². The predicted molar refractivity (Wildman–Crippen MR) is 103 cm³/mol. The zero-order chi connectivity index (χ0) is 15.9. The maximum atomic E-state index is 2.82. The van der Waals surface area contributed by atoms with Crippen LogP contribution in [0.2, 0.25) is 0 Å². The van der Waals surface area contributed by atoms with Crippen LogP contribution in [-0.4, -0.2) is 42.9 Å². The summed E-state index contributed by atoms with van der Waals surface area (Å²) in [7, 11) is 0. The van der Waals surface area contributed by atoms with Gasteiger partial charge < -0.3 is 9.80 Å². The summed E-state index contributed by atoms with van der Waals surface area (Å²) < 4.78 is 0. The van der Waals surface area contributed by atoms with Gasteiger partial charge in [0.1, 0.15) is 0 Å². The first-order valence-electron chi connectivity index (χ1n) is 10.1. The zero-order valence-corrected chi connectivity index (χ0v) is 15.6. The Balaban J connectivity index is 1.37. The summed E-state index contributed by atoms with van der Waals surface area (Å²) >= 11 is 2.09.